The van der Waals surface area contributed by atoms with Crippen LogP contribution >= 0.6 is 0 Å². The zero-order chi connectivity index (χ0) is 16.4. The third-order valence-corrected chi connectivity index (χ3v) is 4.81. The van der Waals surface area contributed by atoms with E-state index in [1.54, 1.807) is 56.5 Å². The molecule has 0 unspecified atom stereocenters. The van der Waals surface area contributed by atoms with Gasteiger partial charge in [0.25, 0.3) is 10.0 Å². The summed E-state index contributed by atoms with van der Waals surface area (Å²) in [5.74, 6) is 1.04. The van der Waals surface area contributed by atoms with E-state index in [2.05, 4.69) is 9.71 Å². The van der Waals surface area contributed by atoms with Crippen LogP contribution in [0.2, 0.25) is 0 Å². The Morgan fingerprint density at radius 3 is 2.48 bits per heavy atom. The number of ether oxygens (including phenoxy) is 1. The molecule has 0 atom stereocenters. The molecule has 5 nitrogen and oxygen atoms in total. The number of nitrogens with zero attached hydrogens (tertiary/aromatic N) is 1. The number of aromatic nitrogens is 1. The van der Waals surface area contributed by atoms with Gasteiger partial charge in [0.15, 0.2) is 0 Å². The van der Waals surface area contributed by atoms with Crippen molar-refractivity contribution in [3.63, 3.8) is 0 Å². The number of fused-ring (bicyclic) bond motifs is 1. The van der Waals surface area contributed by atoms with Crippen LogP contribution in [0.3, 0.4) is 0 Å². The molecule has 1 N–H and O–H groups in total. The lowest BCUT2D eigenvalue weighted by atomic mass is 10.1. The number of benzene rings is 2. The van der Waals surface area contributed by atoms with E-state index >= 15 is 0 Å². The molecular weight excluding hydrogens is 312 g/mol. The van der Waals surface area contributed by atoms with Crippen molar-refractivity contribution in [3.8, 4) is 5.75 Å². The van der Waals surface area contributed by atoms with Crippen molar-refractivity contribution in [1.29, 1.82) is 0 Å². The smallest absolute Gasteiger partial charge is 0.263 e. The van der Waals surface area contributed by atoms with E-state index in [-0.39, 0.29) is 4.90 Å². The third kappa shape index (κ3) is 3.27. The number of methoxy groups -OCH3 is 1. The fourth-order valence-electron chi connectivity index (χ4n) is 2.29. The van der Waals surface area contributed by atoms with Gasteiger partial charge < -0.3 is 4.74 Å². The van der Waals surface area contributed by atoms with Crippen LogP contribution in [-0.2, 0) is 10.0 Å². The fraction of sp³-hybridized carbons (Fsp3) is 0.118. The van der Waals surface area contributed by atoms with Crippen molar-refractivity contribution < 1.29 is 13.2 Å². The largest absolute Gasteiger partial charge is 0.497 e. The van der Waals surface area contributed by atoms with E-state index in [0.717, 1.165) is 22.2 Å². The molecule has 0 aliphatic heterocycles. The van der Waals surface area contributed by atoms with Crippen molar-refractivity contribution in [3.05, 3.63) is 60.3 Å². The zero-order valence-corrected chi connectivity index (χ0v) is 13.6. The first-order valence-electron chi connectivity index (χ1n) is 7.02. The van der Waals surface area contributed by atoms with Gasteiger partial charge in [0.2, 0.25) is 0 Å². The lowest BCUT2D eigenvalue weighted by Crippen LogP contribution is -2.14. The minimum Gasteiger partial charge on any atom is -0.497 e. The van der Waals surface area contributed by atoms with Crippen LogP contribution in [0.1, 0.15) is 5.69 Å². The van der Waals surface area contributed by atoms with Gasteiger partial charge in [-0.1, -0.05) is 18.2 Å². The summed E-state index contributed by atoms with van der Waals surface area (Å²) in [5.41, 5.74) is 0.746. The monoisotopic (exact) mass is 328 g/mol. The molecule has 118 valence electrons. The Hall–Kier alpha value is -2.60. The van der Waals surface area contributed by atoms with Crippen LogP contribution in [0, 0.1) is 6.92 Å². The molecule has 6 heteroatoms. The number of hydrogen-bond acceptors (Lipinski definition) is 4. The van der Waals surface area contributed by atoms with Crippen LogP contribution in [0.5, 0.6) is 5.75 Å². The molecule has 0 bridgehead atoms. The number of pyridine rings is 1. The van der Waals surface area contributed by atoms with Gasteiger partial charge in [-0.2, -0.15) is 0 Å². The van der Waals surface area contributed by atoms with Crippen LogP contribution < -0.4 is 9.46 Å². The summed E-state index contributed by atoms with van der Waals surface area (Å²) in [6.07, 6.45) is 0. The highest BCUT2D eigenvalue weighted by molar-refractivity contribution is 7.92. The summed E-state index contributed by atoms with van der Waals surface area (Å²) in [4.78, 5) is 4.36. The van der Waals surface area contributed by atoms with Crippen molar-refractivity contribution in [2.45, 2.75) is 11.8 Å². The average molecular weight is 328 g/mol. The number of nitrogens with one attached hydrogen (secondary N) is 1. The molecule has 0 aliphatic rings. The van der Waals surface area contributed by atoms with Gasteiger partial charge in [0, 0.05) is 5.69 Å². The van der Waals surface area contributed by atoms with E-state index in [4.69, 9.17) is 4.74 Å². The first-order valence-corrected chi connectivity index (χ1v) is 8.50. The SMILES string of the molecule is COc1ccc2cc(S(=O)(=O)Nc3cccc(C)n3)ccc2c1. The molecule has 3 rings (SSSR count). The minimum atomic E-state index is -3.68. The molecule has 0 fully saturated rings. The van der Waals surface area contributed by atoms with Gasteiger partial charge in [-0.15, -0.1) is 0 Å². The van der Waals surface area contributed by atoms with Gasteiger partial charge in [-0.25, -0.2) is 13.4 Å². The normalized spacial score (nSPS) is 11.4. The molecular formula is C17H16N2O3S. The summed E-state index contributed by atoms with van der Waals surface area (Å²) >= 11 is 0. The van der Waals surface area contributed by atoms with E-state index < -0.39 is 10.0 Å². The molecule has 1 aromatic heterocycles. The van der Waals surface area contributed by atoms with E-state index in [1.807, 2.05) is 12.1 Å². The summed E-state index contributed by atoms with van der Waals surface area (Å²) in [6, 6.07) is 15.6. The zero-order valence-electron chi connectivity index (χ0n) is 12.8. The quantitative estimate of drug-likeness (QED) is 0.797. The van der Waals surface area contributed by atoms with Crippen molar-refractivity contribution in [2.75, 3.05) is 11.8 Å². The Kier molecular flexibility index (Phi) is 3.92. The summed E-state index contributed by atoms with van der Waals surface area (Å²) < 4.78 is 32.7. The predicted molar refractivity (Wildman–Crippen MR) is 90.3 cm³/mol. The topological polar surface area (TPSA) is 68.3 Å². The predicted octanol–water partition coefficient (Wildman–Crippen LogP) is 3.35. The fourth-order valence-corrected chi connectivity index (χ4v) is 3.33. The van der Waals surface area contributed by atoms with Gasteiger partial charge in [-0.05, 0) is 54.1 Å². The van der Waals surface area contributed by atoms with Crippen LogP contribution in [0.25, 0.3) is 10.8 Å². The van der Waals surface area contributed by atoms with Crippen LogP contribution in [0.4, 0.5) is 5.82 Å². The highest BCUT2D eigenvalue weighted by atomic mass is 32.2. The van der Waals surface area contributed by atoms with Crippen molar-refractivity contribution in [1.82, 2.24) is 4.98 Å². The summed E-state index contributed by atoms with van der Waals surface area (Å²) in [5, 5.41) is 1.74. The first kappa shape index (κ1) is 15.3. The highest BCUT2D eigenvalue weighted by Crippen LogP contribution is 2.24. The molecule has 0 aliphatic carbocycles. The minimum absolute atomic E-state index is 0.193. The molecule has 3 aromatic rings. The number of rotatable bonds is 4. The molecule has 0 amide bonds. The Bertz CT molecular complexity index is 968. The van der Waals surface area contributed by atoms with Crippen molar-refractivity contribution >= 4 is 26.6 Å². The average Bonchev–Trinajstić information content (AvgIpc) is 2.53. The number of sulfonamides is 1. The molecule has 0 saturated heterocycles. The Morgan fingerprint density at radius 1 is 1.00 bits per heavy atom. The van der Waals surface area contributed by atoms with Gasteiger partial charge in [-0.3, -0.25) is 4.72 Å². The van der Waals surface area contributed by atoms with Gasteiger partial charge >= 0.3 is 0 Å². The highest BCUT2D eigenvalue weighted by Gasteiger charge is 2.15. The van der Waals surface area contributed by atoms with Gasteiger partial charge in [0.1, 0.15) is 11.6 Å². The lowest BCUT2D eigenvalue weighted by Gasteiger charge is -2.09. The second-order valence-electron chi connectivity index (χ2n) is 5.14. The standard InChI is InChI=1S/C17H16N2O3S/c1-12-4-3-5-17(18-12)19-23(20,21)16-9-7-13-10-15(22-2)8-6-14(13)11-16/h3-11H,1-2H3,(H,18,19). The molecule has 0 radical (unpaired) electrons. The molecule has 0 spiro atoms. The number of anilines is 1. The Labute approximate surface area is 135 Å². The Balaban J connectivity index is 1.97. The van der Waals surface area contributed by atoms with E-state index in [1.165, 1.54) is 0 Å². The summed E-state index contributed by atoms with van der Waals surface area (Å²) in [6.45, 7) is 1.81. The maximum absolute atomic E-state index is 12.5. The second-order valence-corrected chi connectivity index (χ2v) is 6.83. The number of hydrogen-bond donors (Lipinski definition) is 1. The second kappa shape index (κ2) is 5.89. The molecule has 23 heavy (non-hydrogen) atoms. The van der Waals surface area contributed by atoms with Crippen LogP contribution in [0.15, 0.2) is 59.5 Å². The number of aryl methyl sites for hydroxylation is 1. The van der Waals surface area contributed by atoms with E-state index in [9.17, 15) is 8.42 Å². The maximum Gasteiger partial charge on any atom is 0.263 e. The molecule has 2 aromatic carbocycles. The summed E-state index contributed by atoms with van der Waals surface area (Å²) in [7, 11) is -2.08. The molecule has 0 saturated carbocycles. The Morgan fingerprint density at radius 2 is 1.74 bits per heavy atom. The van der Waals surface area contributed by atoms with Crippen LogP contribution in [-0.4, -0.2) is 20.5 Å². The lowest BCUT2D eigenvalue weighted by molar-refractivity contribution is 0.415. The van der Waals surface area contributed by atoms with Crippen molar-refractivity contribution in [2.24, 2.45) is 0 Å². The van der Waals surface area contributed by atoms with Gasteiger partial charge in [0.05, 0.1) is 12.0 Å². The third-order valence-electron chi connectivity index (χ3n) is 3.46. The van der Waals surface area contributed by atoms with E-state index in [0.29, 0.717) is 5.82 Å². The molecule has 1 heterocycles. The maximum atomic E-state index is 12.5. The first-order chi connectivity index (χ1) is 11.0.